The van der Waals surface area contributed by atoms with Crippen molar-refractivity contribution in [3.63, 3.8) is 0 Å². The first-order valence-corrected chi connectivity index (χ1v) is 8.57. The minimum absolute atomic E-state index is 0.214. The highest BCUT2D eigenvalue weighted by atomic mass is 32.2. The van der Waals surface area contributed by atoms with Crippen LogP contribution in [0.2, 0.25) is 0 Å². The van der Waals surface area contributed by atoms with E-state index in [-0.39, 0.29) is 5.91 Å². The molecule has 0 aliphatic heterocycles. The van der Waals surface area contributed by atoms with Gasteiger partial charge >= 0.3 is 0 Å². The van der Waals surface area contributed by atoms with Crippen molar-refractivity contribution >= 4 is 29.3 Å². The predicted octanol–water partition coefficient (Wildman–Crippen LogP) is 3.92. The summed E-state index contributed by atoms with van der Waals surface area (Å²) in [4.78, 5) is 24.5. The van der Waals surface area contributed by atoms with Crippen LogP contribution in [-0.4, -0.2) is 11.8 Å². The van der Waals surface area contributed by atoms with Crippen LogP contribution in [0.15, 0.2) is 76.2 Å². The second-order valence-corrected chi connectivity index (χ2v) is 6.28. The number of rotatable bonds is 6. The Hall–Kier alpha value is -2.99. The number of nitrogens with one attached hydrogen (secondary N) is 1. The van der Waals surface area contributed by atoms with Gasteiger partial charge < -0.3 is 15.5 Å². The van der Waals surface area contributed by atoms with Crippen LogP contribution in [0.3, 0.4) is 0 Å². The second kappa shape index (κ2) is 7.72. The summed E-state index contributed by atoms with van der Waals surface area (Å²) in [5, 5.41) is 2.83. The number of nitrogens with two attached hydrogens (primary N) is 1. The predicted molar refractivity (Wildman–Crippen MR) is 97.6 cm³/mol. The maximum Gasteiger partial charge on any atom is 0.256 e. The van der Waals surface area contributed by atoms with E-state index in [2.05, 4.69) is 5.32 Å². The van der Waals surface area contributed by atoms with Gasteiger partial charge in [-0.3, -0.25) is 9.59 Å². The number of amides is 2. The fraction of sp³-hybridized carbons (Fsp3) is 0.0526. The van der Waals surface area contributed by atoms with Crippen LogP contribution in [0.4, 0.5) is 5.69 Å². The molecule has 0 atom stereocenters. The van der Waals surface area contributed by atoms with E-state index in [1.165, 1.54) is 11.8 Å². The Bertz CT molecular complexity index is 874. The molecule has 2 amide bonds. The summed E-state index contributed by atoms with van der Waals surface area (Å²) in [6.07, 6.45) is 1.63. The minimum Gasteiger partial charge on any atom is -0.468 e. The van der Waals surface area contributed by atoms with E-state index in [4.69, 9.17) is 10.2 Å². The Morgan fingerprint density at radius 3 is 2.44 bits per heavy atom. The van der Waals surface area contributed by atoms with Crippen molar-refractivity contribution in [3.8, 4) is 0 Å². The lowest BCUT2D eigenvalue weighted by atomic mass is 10.1. The van der Waals surface area contributed by atoms with E-state index >= 15 is 0 Å². The fourth-order valence-electron chi connectivity index (χ4n) is 2.24. The number of carbonyl (C=O) groups excluding carboxylic acids is 2. The molecule has 1 heterocycles. The number of benzene rings is 2. The molecule has 2 aromatic carbocycles. The molecule has 5 nitrogen and oxygen atoms in total. The van der Waals surface area contributed by atoms with E-state index in [0.29, 0.717) is 22.6 Å². The first-order valence-electron chi connectivity index (χ1n) is 7.59. The standard InChI is InChI=1S/C19H16N2O3S/c20-18(22)13-7-9-14(10-8-13)21-19(23)16-5-1-2-6-17(16)25-12-15-4-3-11-24-15/h1-11H,12H2,(H2,20,22)(H,21,23). The van der Waals surface area contributed by atoms with Gasteiger partial charge in [-0.25, -0.2) is 0 Å². The van der Waals surface area contributed by atoms with Gasteiger partial charge in [-0.2, -0.15) is 0 Å². The third kappa shape index (κ3) is 4.30. The lowest BCUT2D eigenvalue weighted by Crippen LogP contribution is -2.14. The zero-order chi connectivity index (χ0) is 17.6. The Kier molecular flexibility index (Phi) is 5.20. The van der Waals surface area contributed by atoms with Crippen molar-refractivity contribution in [2.24, 2.45) is 5.73 Å². The summed E-state index contributed by atoms with van der Waals surface area (Å²) < 4.78 is 5.32. The molecule has 0 aliphatic carbocycles. The van der Waals surface area contributed by atoms with Gasteiger partial charge in [-0.05, 0) is 48.5 Å². The minimum atomic E-state index is -0.502. The van der Waals surface area contributed by atoms with Crippen LogP contribution < -0.4 is 11.1 Å². The molecular weight excluding hydrogens is 336 g/mol. The number of anilines is 1. The first kappa shape index (κ1) is 16.9. The van der Waals surface area contributed by atoms with Crippen LogP contribution in [0.25, 0.3) is 0 Å². The van der Waals surface area contributed by atoms with Crippen molar-refractivity contribution in [1.29, 1.82) is 0 Å². The number of primary amides is 1. The Morgan fingerprint density at radius 1 is 1.00 bits per heavy atom. The molecule has 0 radical (unpaired) electrons. The highest BCUT2D eigenvalue weighted by Gasteiger charge is 2.12. The average Bonchev–Trinajstić information content (AvgIpc) is 3.14. The summed E-state index contributed by atoms with van der Waals surface area (Å²) >= 11 is 1.53. The molecule has 6 heteroatoms. The van der Waals surface area contributed by atoms with Crippen molar-refractivity contribution in [1.82, 2.24) is 0 Å². The van der Waals surface area contributed by atoms with Crippen molar-refractivity contribution in [3.05, 3.63) is 83.8 Å². The van der Waals surface area contributed by atoms with Gasteiger partial charge in [0.2, 0.25) is 5.91 Å². The Morgan fingerprint density at radius 2 is 1.76 bits per heavy atom. The number of thioether (sulfide) groups is 1. The van der Waals surface area contributed by atoms with Crippen LogP contribution in [0.1, 0.15) is 26.5 Å². The van der Waals surface area contributed by atoms with E-state index in [0.717, 1.165) is 10.7 Å². The fourth-order valence-corrected chi connectivity index (χ4v) is 3.19. The summed E-state index contributed by atoms with van der Waals surface area (Å²) in [5.41, 5.74) is 6.79. The topological polar surface area (TPSA) is 85.3 Å². The smallest absolute Gasteiger partial charge is 0.256 e. The van der Waals surface area contributed by atoms with Gasteiger partial charge in [0.05, 0.1) is 17.6 Å². The SMILES string of the molecule is NC(=O)c1ccc(NC(=O)c2ccccc2SCc2ccco2)cc1. The quantitative estimate of drug-likeness (QED) is 0.658. The molecule has 3 aromatic rings. The molecule has 0 fully saturated rings. The Balaban J connectivity index is 1.72. The molecular formula is C19H16N2O3S. The summed E-state index contributed by atoms with van der Waals surface area (Å²) in [6, 6.07) is 17.6. The maximum absolute atomic E-state index is 12.6. The van der Waals surface area contributed by atoms with Crippen LogP contribution in [0, 0.1) is 0 Å². The average molecular weight is 352 g/mol. The number of hydrogen-bond acceptors (Lipinski definition) is 4. The molecule has 0 spiro atoms. The van der Waals surface area contributed by atoms with Crippen LogP contribution in [-0.2, 0) is 5.75 Å². The van der Waals surface area contributed by atoms with Gasteiger partial charge in [0, 0.05) is 16.1 Å². The zero-order valence-electron chi connectivity index (χ0n) is 13.3. The highest BCUT2D eigenvalue weighted by Crippen LogP contribution is 2.27. The normalized spacial score (nSPS) is 10.4. The molecule has 0 saturated carbocycles. The molecule has 0 bridgehead atoms. The molecule has 25 heavy (non-hydrogen) atoms. The second-order valence-electron chi connectivity index (χ2n) is 5.26. The number of furan rings is 1. The van der Waals surface area contributed by atoms with Gasteiger partial charge in [-0.15, -0.1) is 11.8 Å². The summed E-state index contributed by atoms with van der Waals surface area (Å²) in [5.74, 6) is 0.777. The molecule has 126 valence electrons. The molecule has 0 saturated heterocycles. The van der Waals surface area contributed by atoms with Crippen LogP contribution in [0.5, 0.6) is 0 Å². The summed E-state index contributed by atoms with van der Waals surface area (Å²) in [7, 11) is 0. The molecule has 0 aliphatic rings. The molecule has 1 aromatic heterocycles. The van der Waals surface area contributed by atoms with Crippen molar-refractivity contribution < 1.29 is 14.0 Å². The zero-order valence-corrected chi connectivity index (χ0v) is 14.1. The first-order chi connectivity index (χ1) is 12.1. The monoisotopic (exact) mass is 352 g/mol. The van der Waals surface area contributed by atoms with E-state index in [9.17, 15) is 9.59 Å². The van der Waals surface area contributed by atoms with Gasteiger partial charge in [-0.1, -0.05) is 12.1 Å². The molecule has 3 rings (SSSR count). The van der Waals surface area contributed by atoms with E-state index in [1.807, 2.05) is 30.3 Å². The van der Waals surface area contributed by atoms with Gasteiger partial charge in [0.25, 0.3) is 5.91 Å². The highest BCUT2D eigenvalue weighted by molar-refractivity contribution is 7.98. The maximum atomic E-state index is 12.6. The van der Waals surface area contributed by atoms with Gasteiger partial charge in [0.15, 0.2) is 0 Å². The van der Waals surface area contributed by atoms with Gasteiger partial charge in [0.1, 0.15) is 5.76 Å². The number of carbonyl (C=O) groups is 2. The third-order valence-corrected chi connectivity index (χ3v) is 4.60. The molecule has 0 unspecified atom stereocenters. The van der Waals surface area contributed by atoms with E-state index in [1.54, 1.807) is 36.6 Å². The van der Waals surface area contributed by atoms with Crippen LogP contribution >= 0.6 is 11.8 Å². The van der Waals surface area contributed by atoms with Crippen molar-refractivity contribution in [2.75, 3.05) is 5.32 Å². The third-order valence-electron chi connectivity index (χ3n) is 3.51. The lowest BCUT2D eigenvalue weighted by molar-refractivity contribution is 0.0998. The van der Waals surface area contributed by atoms with Crippen molar-refractivity contribution in [2.45, 2.75) is 10.6 Å². The lowest BCUT2D eigenvalue weighted by Gasteiger charge is -2.10. The van der Waals surface area contributed by atoms with E-state index < -0.39 is 5.91 Å². The Labute approximate surface area is 149 Å². The molecule has 3 N–H and O–H groups in total. The largest absolute Gasteiger partial charge is 0.468 e. The summed E-state index contributed by atoms with van der Waals surface area (Å²) in [6.45, 7) is 0. The number of hydrogen-bond donors (Lipinski definition) is 2.